The second-order valence-electron chi connectivity index (χ2n) is 4.42. The lowest BCUT2D eigenvalue weighted by atomic mass is 10.00. The summed E-state index contributed by atoms with van der Waals surface area (Å²) in [5, 5.41) is 10.6. The standard InChI is InChI=1S/C12H13NO4S/c1-6-7(2)11(15)13(10(6)14)5-8-3-4-18-9(8)12(16)17/h3-4,6-7H,5H2,1-2H3,(H,16,17). The largest absolute Gasteiger partial charge is 0.477 e. The molecule has 1 aliphatic rings. The molecule has 2 atom stereocenters. The molecule has 2 rings (SSSR count). The SMILES string of the molecule is CC1C(=O)N(Cc2ccsc2C(=O)O)C(=O)C1C. The van der Waals surface area contributed by atoms with E-state index in [9.17, 15) is 14.4 Å². The van der Waals surface area contributed by atoms with Gasteiger partial charge in [-0.1, -0.05) is 13.8 Å². The highest BCUT2D eigenvalue weighted by atomic mass is 32.1. The molecule has 2 unspecified atom stereocenters. The van der Waals surface area contributed by atoms with Crippen LogP contribution in [-0.2, 0) is 16.1 Å². The average molecular weight is 267 g/mol. The van der Waals surface area contributed by atoms with Gasteiger partial charge in [0, 0.05) is 11.8 Å². The first kappa shape index (κ1) is 12.8. The third-order valence-electron chi connectivity index (χ3n) is 3.33. The third-order valence-corrected chi connectivity index (χ3v) is 4.28. The van der Waals surface area contributed by atoms with Crippen LogP contribution in [0, 0.1) is 11.8 Å². The molecule has 0 aromatic carbocycles. The maximum absolute atomic E-state index is 11.9. The Hall–Kier alpha value is -1.69. The fraction of sp³-hybridized carbons (Fsp3) is 0.417. The van der Waals surface area contributed by atoms with Crippen molar-refractivity contribution in [3.05, 3.63) is 21.9 Å². The van der Waals surface area contributed by atoms with E-state index in [1.54, 1.807) is 25.3 Å². The number of amides is 2. The van der Waals surface area contributed by atoms with Gasteiger partial charge in [-0.05, 0) is 17.0 Å². The molecular weight excluding hydrogens is 254 g/mol. The minimum atomic E-state index is -1.03. The summed E-state index contributed by atoms with van der Waals surface area (Å²) in [5.74, 6) is -2.14. The van der Waals surface area contributed by atoms with E-state index in [1.807, 2.05) is 0 Å². The monoisotopic (exact) mass is 267 g/mol. The van der Waals surface area contributed by atoms with E-state index in [4.69, 9.17) is 5.11 Å². The van der Waals surface area contributed by atoms with E-state index in [1.165, 1.54) is 0 Å². The van der Waals surface area contributed by atoms with Crippen molar-refractivity contribution in [1.29, 1.82) is 0 Å². The first-order chi connectivity index (χ1) is 8.43. The van der Waals surface area contributed by atoms with Gasteiger partial charge in [0.25, 0.3) is 0 Å². The number of aromatic carboxylic acids is 1. The molecule has 1 aromatic heterocycles. The predicted molar refractivity (Wildman–Crippen MR) is 65.2 cm³/mol. The van der Waals surface area contributed by atoms with Gasteiger partial charge in [-0.2, -0.15) is 0 Å². The van der Waals surface area contributed by atoms with Crippen molar-refractivity contribution in [2.45, 2.75) is 20.4 Å². The second kappa shape index (κ2) is 4.53. The lowest BCUT2D eigenvalue weighted by molar-refractivity contribution is -0.140. The zero-order chi connectivity index (χ0) is 13.4. The van der Waals surface area contributed by atoms with Gasteiger partial charge < -0.3 is 5.11 Å². The minimum Gasteiger partial charge on any atom is -0.477 e. The van der Waals surface area contributed by atoms with Crippen LogP contribution < -0.4 is 0 Å². The molecule has 5 nitrogen and oxygen atoms in total. The van der Waals surface area contributed by atoms with Gasteiger partial charge in [0.05, 0.1) is 6.54 Å². The second-order valence-corrected chi connectivity index (χ2v) is 5.34. The van der Waals surface area contributed by atoms with Crippen LogP contribution in [0.2, 0.25) is 0 Å². The molecule has 1 aromatic rings. The molecule has 2 amide bonds. The summed E-state index contributed by atoms with van der Waals surface area (Å²) in [5.41, 5.74) is 0.510. The molecule has 0 spiro atoms. The molecule has 2 heterocycles. The Morgan fingerprint density at radius 3 is 2.39 bits per heavy atom. The number of carboxylic acids is 1. The molecule has 0 saturated carbocycles. The molecule has 18 heavy (non-hydrogen) atoms. The van der Waals surface area contributed by atoms with Gasteiger partial charge in [0.15, 0.2) is 0 Å². The van der Waals surface area contributed by atoms with Crippen LogP contribution in [0.3, 0.4) is 0 Å². The lowest BCUT2D eigenvalue weighted by Crippen LogP contribution is -2.30. The number of carbonyl (C=O) groups is 3. The molecule has 1 N–H and O–H groups in total. The highest BCUT2D eigenvalue weighted by Gasteiger charge is 2.42. The summed E-state index contributed by atoms with van der Waals surface area (Å²) < 4.78 is 0. The van der Waals surface area contributed by atoms with Gasteiger partial charge in [0.2, 0.25) is 11.8 Å². The fourth-order valence-electron chi connectivity index (χ4n) is 2.00. The Balaban J connectivity index is 2.24. The molecule has 6 heteroatoms. The van der Waals surface area contributed by atoms with Gasteiger partial charge >= 0.3 is 5.97 Å². The summed E-state index contributed by atoms with van der Waals surface area (Å²) in [6, 6.07) is 1.64. The van der Waals surface area contributed by atoms with Gasteiger partial charge in [-0.25, -0.2) is 4.79 Å². The topological polar surface area (TPSA) is 74.7 Å². The van der Waals surface area contributed by atoms with Crippen LogP contribution in [0.5, 0.6) is 0 Å². The Morgan fingerprint density at radius 2 is 1.89 bits per heavy atom. The van der Waals surface area contributed by atoms with Gasteiger partial charge in [-0.15, -0.1) is 11.3 Å². The fourth-order valence-corrected chi connectivity index (χ4v) is 2.76. The van der Waals surface area contributed by atoms with E-state index >= 15 is 0 Å². The maximum Gasteiger partial charge on any atom is 0.346 e. The normalized spacial score (nSPS) is 23.8. The quantitative estimate of drug-likeness (QED) is 0.844. The Morgan fingerprint density at radius 1 is 1.33 bits per heavy atom. The number of rotatable bonds is 3. The smallest absolute Gasteiger partial charge is 0.346 e. The number of thiophene rings is 1. The molecule has 0 aliphatic carbocycles. The summed E-state index contributed by atoms with van der Waals surface area (Å²) in [6.07, 6.45) is 0. The molecule has 0 radical (unpaired) electrons. The lowest BCUT2D eigenvalue weighted by Gasteiger charge is -2.14. The van der Waals surface area contributed by atoms with Crippen LogP contribution in [0.4, 0.5) is 0 Å². The van der Waals surface area contributed by atoms with Crippen LogP contribution in [0.25, 0.3) is 0 Å². The molecular formula is C12H13NO4S. The third kappa shape index (κ3) is 1.92. The van der Waals surface area contributed by atoms with Crippen molar-refractivity contribution in [1.82, 2.24) is 4.90 Å². The maximum atomic E-state index is 11.9. The van der Waals surface area contributed by atoms with E-state index in [2.05, 4.69) is 0 Å². The summed E-state index contributed by atoms with van der Waals surface area (Å²) in [7, 11) is 0. The first-order valence-electron chi connectivity index (χ1n) is 5.58. The zero-order valence-corrected chi connectivity index (χ0v) is 10.9. The molecule has 1 aliphatic heterocycles. The molecule has 1 fully saturated rings. The number of imide groups is 1. The highest BCUT2D eigenvalue weighted by Crippen LogP contribution is 2.28. The Labute approximate surface area is 108 Å². The van der Waals surface area contributed by atoms with Crippen molar-refractivity contribution in [3.63, 3.8) is 0 Å². The van der Waals surface area contributed by atoms with Gasteiger partial charge in [-0.3, -0.25) is 14.5 Å². The number of hydrogen-bond donors (Lipinski definition) is 1. The van der Waals surface area contributed by atoms with E-state index < -0.39 is 5.97 Å². The number of likely N-dealkylation sites (tertiary alicyclic amines) is 1. The zero-order valence-electron chi connectivity index (χ0n) is 10.0. The van der Waals surface area contributed by atoms with Crippen LogP contribution >= 0.6 is 11.3 Å². The van der Waals surface area contributed by atoms with E-state index in [-0.39, 0.29) is 35.1 Å². The predicted octanol–water partition coefficient (Wildman–Crippen LogP) is 1.59. The first-order valence-corrected chi connectivity index (χ1v) is 6.46. The summed E-state index contributed by atoms with van der Waals surface area (Å²) >= 11 is 1.10. The molecule has 96 valence electrons. The minimum absolute atomic E-state index is 0.0531. The number of hydrogen-bond acceptors (Lipinski definition) is 4. The van der Waals surface area contributed by atoms with E-state index in [0.717, 1.165) is 16.2 Å². The Kier molecular flexibility index (Phi) is 3.21. The van der Waals surface area contributed by atoms with Crippen LogP contribution in [0.15, 0.2) is 11.4 Å². The number of carbonyl (C=O) groups excluding carboxylic acids is 2. The van der Waals surface area contributed by atoms with Crippen LogP contribution in [-0.4, -0.2) is 27.8 Å². The highest BCUT2D eigenvalue weighted by molar-refractivity contribution is 7.12. The molecule has 1 saturated heterocycles. The summed E-state index contributed by atoms with van der Waals surface area (Å²) in [6.45, 7) is 3.49. The van der Waals surface area contributed by atoms with Crippen molar-refractivity contribution in [2.24, 2.45) is 11.8 Å². The van der Waals surface area contributed by atoms with Crippen molar-refractivity contribution in [2.75, 3.05) is 0 Å². The van der Waals surface area contributed by atoms with Crippen molar-refractivity contribution >= 4 is 29.1 Å². The number of nitrogens with zero attached hydrogens (tertiary/aromatic N) is 1. The summed E-state index contributed by atoms with van der Waals surface area (Å²) in [4.78, 5) is 36.1. The van der Waals surface area contributed by atoms with Gasteiger partial charge in [0.1, 0.15) is 4.88 Å². The van der Waals surface area contributed by atoms with Crippen molar-refractivity contribution < 1.29 is 19.5 Å². The van der Waals surface area contributed by atoms with Crippen LogP contribution in [0.1, 0.15) is 29.1 Å². The Bertz CT molecular complexity index is 502. The van der Waals surface area contributed by atoms with Crippen molar-refractivity contribution in [3.8, 4) is 0 Å². The molecule has 0 bridgehead atoms. The number of carboxylic acid groups (broad SMARTS) is 1. The average Bonchev–Trinajstić information content (AvgIpc) is 2.86. The van der Waals surface area contributed by atoms with E-state index in [0.29, 0.717) is 5.56 Å².